The predicted octanol–water partition coefficient (Wildman–Crippen LogP) is 2.27. The van der Waals surface area contributed by atoms with E-state index >= 15 is 0 Å². The van der Waals surface area contributed by atoms with Gasteiger partial charge in [0, 0.05) is 22.1 Å². The first kappa shape index (κ1) is 17.7. The van der Waals surface area contributed by atoms with E-state index in [1.54, 1.807) is 23.6 Å². The van der Waals surface area contributed by atoms with Gasteiger partial charge in [0.25, 0.3) is 5.56 Å². The average molecular weight is 404 g/mol. The number of hydrogen-bond acceptors (Lipinski definition) is 6. The molecule has 30 heavy (non-hydrogen) atoms. The fraction of sp³-hybridized carbons (Fsp3) is 0.348. The summed E-state index contributed by atoms with van der Waals surface area (Å²) in [5, 5.41) is 22.3. The molecule has 0 spiro atoms. The molecule has 0 bridgehead atoms. The number of carbonyl (C=O) groups is 1. The molecule has 0 saturated carbocycles. The maximum atomic E-state index is 13.3. The highest BCUT2D eigenvalue weighted by Crippen LogP contribution is 2.43. The Bertz CT molecular complexity index is 1360. The molecule has 1 aliphatic carbocycles. The zero-order valence-electron chi connectivity index (χ0n) is 16.5. The summed E-state index contributed by atoms with van der Waals surface area (Å²) in [6.45, 7) is 1.95. The van der Waals surface area contributed by atoms with Gasteiger partial charge in [-0.2, -0.15) is 0 Å². The molecule has 152 valence electrons. The molecule has 3 aromatic rings. The van der Waals surface area contributed by atoms with Crippen LogP contribution in [-0.4, -0.2) is 25.7 Å². The Labute approximate surface area is 171 Å². The van der Waals surface area contributed by atoms with Crippen LogP contribution >= 0.6 is 0 Å². The van der Waals surface area contributed by atoms with Crippen LogP contribution in [0.1, 0.15) is 47.6 Å². The normalized spacial score (nSPS) is 21.2. The maximum absolute atomic E-state index is 13.3. The molecule has 2 aliphatic heterocycles. The predicted molar refractivity (Wildman–Crippen MR) is 108 cm³/mol. The Morgan fingerprint density at radius 1 is 1.17 bits per heavy atom. The first-order valence-electron chi connectivity index (χ1n) is 10.3. The van der Waals surface area contributed by atoms with Gasteiger partial charge in [0.15, 0.2) is 5.60 Å². The van der Waals surface area contributed by atoms with E-state index in [0.717, 1.165) is 46.9 Å². The third-order valence-electron chi connectivity index (χ3n) is 6.91. The molecular weight excluding hydrogens is 384 g/mol. The lowest BCUT2D eigenvalue weighted by molar-refractivity contribution is -0.172. The lowest BCUT2D eigenvalue weighted by atomic mass is 9.85. The Morgan fingerprint density at radius 3 is 2.77 bits per heavy atom. The Kier molecular flexibility index (Phi) is 3.35. The van der Waals surface area contributed by atoms with Crippen LogP contribution in [0.25, 0.3) is 22.3 Å². The van der Waals surface area contributed by atoms with Crippen molar-refractivity contribution in [1.82, 2.24) is 9.55 Å². The molecule has 4 heterocycles. The van der Waals surface area contributed by atoms with Gasteiger partial charge in [-0.05, 0) is 49.4 Å². The smallest absolute Gasteiger partial charge is 0.343 e. The molecule has 0 fully saturated rings. The number of rotatable bonds is 1. The number of carbonyl (C=O) groups excluding carboxylic acids is 1. The van der Waals surface area contributed by atoms with Gasteiger partial charge in [0.05, 0.1) is 29.0 Å². The molecule has 6 rings (SSSR count). The number of hydrogen-bond donors (Lipinski definition) is 2. The van der Waals surface area contributed by atoms with Crippen molar-refractivity contribution >= 4 is 16.9 Å². The summed E-state index contributed by atoms with van der Waals surface area (Å²) in [6.07, 6.45) is 2.71. The number of pyridine rings is 2. The SMILES string of the molecule is CC[C@@]1(O)C(=O)OCc2c1cc1n(c2=O)Cc2c-1nc1ccc(O)c3c1c2CCC3. The van der Waals surface area contributed by atoms with Crippen LogP contribution in [0.2, 0.25) is 0 Å². The number of aromatic hydroxyl groups is 1. The molecule has 0 unspecified atom stereocenters. The van der Waals surface area contributed by atoms with Crippen molar-refractivity contribution in [1.29, 1.82) is 0 Å². The molecule has 1 atom stereocenters. The number of nitrogens with zero attached hydrogens (tertiary/aromatic N) is 2. The third-order valence-corrected chi connectivity index (χ3v) is 6.91. The van der Waals surface area contributed by atoms with E-state index in [1.807, 2.05) is 6.07 Å². The fourth-order valence-corrected chi connectivity index (χ4v) is 5.30. The summed E-state index contributed by atoms with van der Waals surface area (Å²) < 4.78 is 6.79. The molecule has 2 N–H and O–H groups in total. The first-order chi connectivity index (χ1) is 14.4. The molecule has 3 aliphatic rings. The van der Waals surface area contributed by atoms with E-state index in [4.69, 9.17) is 9.72 Å². The summed E-state index contributed by atoms with van der Waals surface area (Å²) in [6, 6.07) is 5.22. The van der Waals surface area contributed by atoms with Gasteiger partial charge in [-0.1, -0.05) is 6.92 Å². The summed E-state index contributed by atoms with van der Waals surface area (Å²) >= 11 is 0. The van der Waals surface area contributed by atoms with Crippen molar-refractivity contribution in [3.05, 3.63) is 56.4 Å². The standard InChI is InChI=1S/C23H20N2O5/c1-2-23(29)15-8-17-20-13(9-25(17)21(27)14(15)10-30-22(23)28)11-4-3-5-12-18(26)7-6-16(24-20)19(11)12/h6-8,26,29H,2-5,9-10H2,1H3/t23-/m0/s1. The highest BCUT2D eigenvalue weighted by Gasteiger charge is 2.45. The molecular formula is C23H20N2O5. The van der Waals surface area contributed by atoms with Gasteiger partial charge in [-0.3, -0.25) is 4.79 Å². The quantitative estimate of drug-likeness (QED) is 0.472. The minimum Gasteiger partial charge on any atom is -0.508 e. The van der Waals surface area contributed by atoms with Crippen molar-refractivity contribution in [3.8, 4) is 17.1 Å². The zero-order valence-corrected chi connectivity index (χ0v) is 16.5. The number of phenols is 1. The van der Waals surface area contributed by atoms with Crippen LogP contribution in [0.4, 0.5) is 0 Å². The van der Waals surface area contributed by atoms with E-state index in [1.165, 1.54) is 0 Å². The van der Waals surface area contributed by atoms with Crippen molar-refractivity contribution in [2.45, 2.75) is 51.4 Å². The molecule has 7 heteroatoms. The van der Waals surface area contributed by atoms with Crippen molar-refractivity contribution in [2.75, 3.05) is 0 Å². The lowest BCUT2D eigenvalue weighted by Crippen LogP contribution is -2.44. The van der Waals surface area contributed by atoms with Gasteiger partial charge >= 0.3 is 5.97 Å². The van der Waals surface area contributed by atoms with Gasteiger partial charge < -0.3 is 19.5 Å². The van der Waals surface area contributed by atoms with E-state index in [9.17, 15) is 19.8 Å². The minimum absolute atomic E-state index is 0.119. The molecule has 0 radical (unpaired) electrons. The van der Waals surface area contributed by atoms with Gasteiger partial charge in [0.2, 0.25) is 0 Å². The first-order valence-corrected chi connectivity index (χ1v) is 10.3. The largest absolute Gasteiger partial charge is 0.508 e. The summed E-state index contributed by atoms with van der Waals surface area (Å²) in [4.78, 5) is 30.5. The number of ether oxygens (including phenoxy) is 1. The molecule has 2 aromatic heterocycles. The average Bonchev–Trinajstić information content (AvgIpc) is 3.13. The van der Waals surface area contributed by atoms with Crippen LogP contribution in [-0.2, 0) is 41.1 Å². The maximum Gasteiger partial charge on any atom is 0.343 e. The Balaban J connectivity index is 1.68. The number of aliphatic hydroxyl groups is 1. The molecule has 0 saturated heterocycles. The van der Waals surface area contributed by atoms with Gasteiger partial charge in [-0.25, -0.2) is 9.78 Å². The van der Waals surface area contributed by atoms with Crippen LogP contribution < -0.4 is 5.56 Å². The van der Waals surface area contributed by atoms with Crippen molar-refractivity contribution in [3.63, 3.8) is 0 Å². The second-order valence-corrected chi connectivity index (χ2v) is 8.33. The number of esters is 1. The highest BCUT2D eigenvalue weighted by atomic mass is 16.6. The highest BCUT2D eigenvalue weighted by molar-refractivity contribution is 5.93. The summed E-state index contributed by atoms with van der Waals surface area (Å²) in [5.74, 6) is -0.432. The molecule has 1 aromatic carbocycles. The second kappa shape index (κ2) is 5.70. The third kappa shape index (κ3) is 2.00. The summed E-state index contributed by atoms with van der Waals surface area (Å²) in [5.41, 5.74) is 3.74. The lowest BCUT2D eigenvalue weighted by Gasteiger charge is -2.31. The second-order valence-electron chi connectivity index (χ2n) is 8.33. The molecule has 7 nitrogen and oxygen atoms in total. The van der Waals surface area contributed by atoms with Crippen molar-refractivity contribution in [2.24, 2.45) is 0 Å². The number of benzene rings is 1. The Hall–Kier alpha value is -3.19. The van der Waals surface area contributed by atoms with E-state index in [0.29, 0.717) is 29.1 Å². The van der Waals surface area contributed by atoms with Crippen molar-refractivity contribution < 1.29 is 19.7 Å². The van der Waals surface area contributed by atoms with Crippen LogP contribution in [0.15, 0.2) is 23.0 Å². The van der Waals surface area contributed by atoms with Crippen LogP contribution in [0.3, 0.4) is 0 Å². The number of fused-ring (bicyclic) bond motifs is 5. The number of aryl methyl sites for hydroxylation is 2. The minimum atomic E-state index is -1.82. The van der Waals surface area contributed by atoms with E-state index in [2.05, 4.69) is 0 Å². The van der Waals surface area contributed by atoms with E-state index < -0.39 is 11.6 Å². The topological polar surface area (TPSA) is 102 Å². The van der Waals surface area contributed by atoms with Crippen LogP contribution in [0.5, 0.6) is 5.75 Å². The van der Waals surface area contributed by atoms with Crippen LogP contribution in [0, 0.1) is 0 Å². The zero-order chi connectivity index (χ0) is 20.8. The number of cyclic esters (lactones) is 1. The number of phenolic OH excluding ortho intramolecular Hbond substituents is 1. The Morgan fingerprint density at radius 2 is 1.97 bits per heavy atom. The number of aromatic nitrogens is 2. The van der Waals surface area contributed by atoms with Gasteiger partial charge in [0.1, 0.15) is 12.4 Å². The monoisotopic (exact) mass is 404 g/mol. The van der Waals surface area contributed by atoms with E-state index in [-0.39, 0.29) is 24.3 Å². The fourth-order valence-electron chi connectivity index (χ4n) is 5.30. The van der Waals surface area contributed by atoms with Gasteiger partial charge in [-0.15, -0.1) is 0 Å². The molecule has 0 amide bonds. The summed E-state index contributed by atoms with van der Waals surface area (Å²) in [7, 11) is 0.